The van der Waals surface area contributed by atoms with Gasteiger partial charge in [0.2, 0.25) is 0 Å². The van der Waals surface area contributed by atoms with Crippen LogP contribution in [-0.2, 0) is 0 Å². The predicted octanol–water partition coefficient (Wildman–Crippen LogP) is 4.72. The van der Waals surface area contributed by atoms with Crippen molar-refractivity contribution >= 4 is 15.9 Å². The number of halogens is 1. The summed E-state index contributed by atoms with van der Waals surface area (Å²) in [5, 5.41) is 10.8. The van der Waals surface area contributed by atoms with Crippen LogP contribution in [0.2, 0.25) is 0 Å². The van der Waals surface area contributed by atoms with Crippen LogP contribution in [0.3, 0.4) is 0 Å². The molecule has 118 valence electrons. The molecule has 0 bridgehead atoms. The molecule has 3 atom stereocenters. The molecule has 0 heterocycles. The second-order valence-electron chi connectivity index (χ2n) is 5.70. The summed E-state index contributed by atoms with van der Waals surface area (Å²) >= 11 is 3.57. The highest BCUT2D eigenvalue weighted by Crippen LogP contribution is 2.44. The van der Waals surface area contributed by atoms with E-state index >= 15 is 0 Å². The van der Waals surface area contributed by atoms with Crippen molar-refractivity contribution in [2.45, 2.75) is 46.1 Å². The summed E-state index contributed by atoms with van der Waals surface area (Å²) < 4.78 is 12.2. The standard InChI is InChI=1S/C17H25BrO3/c1-4-20-15-9-13(14(18)10-16(15)21-5-2)17(19)12-8-6-7-11(12)3/h9-12,17,19H,4-8H2,1-3H3. The third-order valence-corrected chi connectivity index (χ3v) is 5.00. The minimum Gasteiger partial charge on any atom is -0.490 e. The maximum absolute atomic E-state index is 10.8. The third-order valence-electron chi connectivity index (χ3n) is 4.31. The van der Waals surface area contributed by atoms with Crippen LogP contribution < -0.4 is 9.47 Å². The van der Waals surface area contributed by atoms with Crippen molar-refractivity contribution in [3.8, 4) is 11.5 Å². The van der Waals surface area contributed by atoms with Gasteiger partial charge < -0.3 is 14.6 Å². The molecule has 0 aromatic heterocycles. The monoisotopic (exact) mass is 356 g/mol. The van der Waals surface area contributed by atoms with Crippen LogP contribution in [0.15, 0.2) is 16.6 Å². The first-order chi connectivity index (χ1) is 10.1. The molecule has 4 heteroatoms. The van der Waals surface area contributed by atoms with E-state index in [1.165, 1.54) is 12.8 Å². The van der Waals surface area contributed by atoms with Gasteiger partial charge in [-0.05, 0) is 49.8 Å². The fourth-order valence-corrected chi connectivity index (χ4v) is 3.74. The molecule has 2 rings (SSSR count). The second kappa shape index (κ2) is 7.50. The predicted molar refractivity (Wildman–Crippen MR) is 87.9 cm³/mol. The van der Waals surface area contributed by atoms with Gasteiger partial charge in [0, 0.05) is 4.47 Å². The quantitative estimate of drug-likeness (QED) is 0.801. The molecule has 3 unspecified atom stereocenters. The zero-order valence-electron chi connectivity index (χ0n) is 13.1. The van der Waals surface area contributed by atoms with Gasteiger partial charge in [0.25, 0.3) is 0 Å². The smallest absolute Gasteiger partial charge is 0.162 e. The number of hydrogen-bond acceptors (Lipinski definition) is 3. The Morgan fingerprint density at radius 3 is 2.33 bits per heavy atom. The Kier molecular flexibility index (Phi) is 5.94. The van der Waals surface area contributed by atoms with Gasteiger partial charge in [0.05, 0.1) is 19.3 Å². The zero-order chi connectivity index (χ0) is 15.4. The number of aliphatic hydroxyl groups is 1. The van der Waals surface area contributed by atoms with Crippen LogP contribution in [0.25, 0.3) is 0 Å². The topological polar surface area (TPSA) is 38.7 Å². The third kappa shape index (κ3) is 3.72. The number of rotatable bonds is 6. The van der Waals surface area contributed by atoms with E-state index in [0.717, 1.165) is 22.2 Å². The summed E-state index contributed by atoms with van der Waals surface area (Å²) in [7, 11) is 0. The van der Waals surface area contributed by atoms with Gasteiger partial charge in [0.15, 0.2) is 11.5 Å². The van der Waals surface area contributed by atoms with E-state index in [9.17, 15) is 5.11 Å². The maximum atomic E-state index is 10.8. The molecule has 1 fully saturated rings. The molecule has 0 amide bonds. The van der Waals surface area contributed by atoms with Crippen molar-refractivity contribution in [2.75, 3.05) is 13.2 Å². The fraction of sp³-hybridized carbons (Fsp3) is 0.647. The molecule has 1 aromatic rings. The van der Waals surface area contributed by atoms with Crippen molar-refractivity contribution in [2.24, 2.45) is 11.8 Å². The molecular formula is C17H25BrO3. The van der Waals surface area contributed by atoms with Crippen LogP contribution in [0, 0.1) is 11.8 Å². The van der Waals surface area contributed by atoms with E-state index < -0.39 is 6.10 Å². The van der Waals surface area contributed by atoms with Crippen LogP contribution in [0.5, 0.6) is 11.5 Å². The number of benzene rings is 1. The first kappa shape index (κ1) is 16.6. The summed E-state index contributed by atoms with van der Waals surface area (Å²) in [6, 6.07) is 3.83. The number of hydrogen-bond donors (Lipinski definition) is 1. The van der Waals surface area contributed by atoms with Gasteiger partial charge in [-0.1, -0.05) is 35.7 Å². The first-order valence-corrected chi connectivity index (χ1v) is 8.64. The van der Waals surface area contributed by atoms with E-state index in [1.54, 1.807) is 0 Å². The molecule has 3 nitrogen and oxygen atoms in total. The molecule has 1 N–H and O–H groups in total. The van der Waals surface area contributed by atoms with Crippen molar-refractivity contribution in [1.82, 2.24) is 0 Å². The Hall–Kier alpha value is -0.740. The van der Waals surface area contributed by atoms with Gasteiger partial charge >= 0.3 is 0 Å². The first-order valence-electron chi connectivity index (χ1n) is 7.85. The highest BCUT2D eigenvalue weighted by atomic mass is 79.9. The van der Waals surface area contributed by atoms with Crippen molar-refractivity contribution in [3.63, 3.8) is 0 Å². The number of aliphatic hydroxyl groups excluding tert-OH is 1. The lowest BCUT2D eigenvalue weighted by molar-refractivity contribution is 0.0890. The molecule has 21 heavy (non-hydrogen) atoms. The molecule has 1 aliphatic carbocycles. The van der Waals surface area contributed by atoms with Crippen molar-refractivity contribution in [3.05, 3.63) is 22.2 Å². The average Bonchev–Trinajstić information content (AvgIpc) is 2.87. The van der Waals surface area contributed by atoms with E-state index in [-0.39, 0.29) is 0 Å². The van der Waals surface area contributed by atoms with Gasteiger partial charge in [0.1, 0.15) is 0 Å². The average molecular weight is 357 g/mol. The second-order valence-corrected chi connectivity index (χ2v) is 6.56. The Labute approximate surface area is 135 Å². The van der Waals surface area contributed by atoms with E-state index in [0.29, 0.717) is 30.8 Å². The Morgan fingerprint density at radius 1 is 1.19 bits per heavy atom. The van der Waals surface area contributed by atoms with Crippen LogP contribution in [0.4, 0.5) is 0 Å². The summed E-state index contributed by atoms with van der Waals surface area (Å²) in [4.78, 5) is 0. The number of ether oxygens (including phenoxy) is 2. The summed E-state index contributed by atoms with van der Waals surface area (Å²) in [6.45, 7) is 7.30. The zero-order valence-corrected chi connectivity index (χ0v) is 14.6. The summed E-state index contributed by atoms with van der Waals surface area (Å²) in [6.07, 6.45) is 3.04. The molecule has 1 aliphatic rings. The van der Waals surface area contributed by atoms with Crippen molar-refractivity contribution in [1.29, 1.82) is 0 Å². The molecule has 1 aromatic carbocycles. The van der Waals surface area contributed by atoms with E-state index in [1.807, 2.05) is 26.0 Å². The minimum absolute atomic E-state index is 0.328. The Morgan fingerprint density at radius 2 is 1.81 bits per heavy atom. The minimum atomic E-state index is -0.452. The highest BCUT2D eigenvalue weighted by Gasteiger charge is 2.32. The lowest BCUT2D eigenvalue weighted by atomic mass is 9.88. The maximum Gasteiger partial charge on any atom is 0.162 e. The lowest BCUT2D eigenvalue weighted by Gasteiger charge is -2.24. The Balaban J connectivity index is 2.31. The highest BCUT2D eigenvalue weighted by molar-refractivity contribution is 9.10. The SMILES string of the molecule is CCOc1cc(Br)c(C(O)C2CCCC2C)cc1OCC. The molecule has 0 saturated heterocycles. The van der Waals surface area contributed by atoms with E-state index in [2.05, 4.69) is 22.9 Å². The summed E-state index contributed by atoms with van der Waals surface area (Å²) in [5.74, 6) is 2.33. The van der Waals surface area contributed by atoms with Crippen molar-refractivity contribution < 1.29 is 14.6 Å². The molecule has 0 radical (unpaired) electrons. The van der Waals surface area contributed by atoms with Gasteiger partial charge in [-0.2, -0.15) is 0 Å². The molecular weight excluding hydrogens is 332 g/mol. The van der Waals surface area contributed by atoms with Gasteiger partial charge in [-0.15, -0.1) is 0 Å². The Bertz CT molecular complexity index is 475. The largest absolute Gasteiger partial charge is 0.490 e. The normalized spacial score (nSPS) is 23.1. The lowest BCUT2D eigenvalue weighted by Crippen LogP contribution is -2.16. The van der Waals surface area contributed by atoms with Crippen LogP contribution in [0.1, 0.15) is 51.7 Å². The van der Waals surface area contributed by atoms with Gasteiger partial charge in [-0.3, -0.25) is 0 Å². The van der Waals surface area contributed by atoms with Crippen LogP contribution in [-0.4, -0.2) is 18.3 Å². The summed E-state index contributed by atoms with van der Waals surface area (Å²) in [5.41, 5.74) is 0.903. The molecule has 1 saturated carbocycles. The van der Waals surface area contributed by atoms with Crippen LogP contribution >= 0.6 is 15.9 Å². The molecule has 0 aliphatic heterocycles. The fourth-order valence-electron chi connectivity index (χ4n) is 3.19. The molecule has 0 spiro atoms. The van der Waals surface area contributed by atoms with Gasteiger partial charge in [-0.25, -0.2) is 0 Å². The van der Waals surface area contributed by atoms with E-state index in [4.69, 9.17) is 9.47 Å².